The monoisotopic (exact) mass is 339 g/mol. The smallest absolute Gasteiger partial charge is 0.410 e. The number of nitrogens with one attached hydrogen (secondary N) is 1. The van der Waals surface area contributed by atoms with Crippen molar-refractivity contribution in [2.75, 3.05) is 39.3 Å². The summed E-state index contributed by atoms with van der Waals surface area (Å²) in [5, 5.41) is 3.40. The molecule has 2 aliphatic heterocycles. The molecule has 0 unspecified atom stereocenters. The Morgan fingerprint density at radius 1 is 1.09 bits per heavy atom. The molecule has 128 valence electrons. The molecule has 5 nitrogen and oxygen atoms in total. The van der Waals surface area contributed by atoms with Crippen LogP contribution in [0.15, 0.2) is 30.3 Å². The normalized spacial score (nSPS) is 19.9. The van der Waals surface area contributed by atoms with Crippen molar-refractivity contribution >= 4 is 18.5 Å². The number of piperidine rings is 1. The molecular formula is C17H26ClN3O2. The second-order valence-electron chi connectivity index (χ2n) is 6.04. The molecule has 2 heterocycles. The molecule has 0 atom stereocenters. The van der Waals surface area contributed by atoms with Crippen molar-refractivity contribution in [3.63, 3.8) is 0 Å². The van der Waals surface area contributed by atoms with E-state index in [9.17, 15) is 4.79 Å². The highest BCUT2D eigenvalue weighted by atomic mass is 35.5. The van der Waals surface area contributed by atoms with Crippen LogP contribution in [0.2, 0.25) is 0 Å². The summed E-state index contributed by atoms with van der Waals surface area (Å²) < 4.78 is 5.41. The van der Waals surface area contributed by atoms with E-state index in [0.717, 1.165) is 44.8 Å². The second-order valence-corrected chi connectivity index (χ2v) is 6.04. The Morgan fingerprint density at radius 3 is 2.39 bits per heavy atom. The van der Waals surface area contributed by atoms with Crippen molar-refractivity contribution in [1.29, 1.82) is 0 Å². The predicted molar refractivity (Wildman–Crippen MR) is 92.9 cm³/mol. The molecule has 1 amide bonds. The van der Waals surface area contributed by atoms with Crippen LogP contribution >= 0.6 is 12.4 Å². The summed E-state index contributed by atoms with van der Waals surface area (Å²) in [7, 11) is 0. The molecule has 1 N–H and O–H groups in total. The fourth-order valence-electron chi connectivity index (χ4n) is 3.25. The number of hydrogen-bond acceptors (Lipinski definition) is 4. The second kappa shape index (κ2) is 9.11. The topological polar surface area (TPSA) is 44.8 Å². The van der Waals surface area contributed by atoms with Crippen LogP contribution in [0.3, 0.4) is 0 Å². The van der Waals surface area contributed by atoms with E-state index < -0.39 is 0 Å². The van der Waals surface area contributed by atoms with Gasteiger partial charge in [0.25, 0.3) is 0 Å². The molecule has 23 heavy (non-hydrogen) atoms. The summed E-state index contributed by atoms with van der Waals surface area (Å²) >= 11 is 0. The largest absolute Gasteiger partial charge is 0.445 e. The minimum Gasteiger partial charge on any atom is -0.445 e. The Bertz CT molecular complexity index is 472. The van der Waals surface area contributed by atoms with E-state index in [0.29, 0.717) is 12.6 Å². The number of carbonyl (C=O) groups is 1. The molecular weight excluding hydrogens is 314 g/mol. The lowest BCUT2D eigenvalue weighted by molar-refractivity contribution is 0.0542. The molecule has 0 aromatic heterocycles. The Hall–Kier alpha value is -1.30. The fourth-order valence-corrected chi connectivity index (χ4v) is 3.25. The number of carbonyl (C=O) groups excluding carboxylic acids is 1. The molecule has 2 fully saturated rings. The Balaban J connectivity index is 0.00000192. The highest BCUT2D eigenvalue weighted by Crippen LogP contribution is 2.15. The van der Waals surface area contributed by atoms with Crippen LogP contribution in [-0.2, 0) is 11.3 Å². The van der Waals surface area contributed by atoms with Crippen LogP contribution in [0.1, 0.15) is 18.4 Å². The van der Waals surface area contributed by atoms with Gasteiger partial charge < -0.3 is 15.0 Å². The maximum absolute atomic E-state index is 12.1. The third-order valence-corrected chi connectivity index (χ3v) is 4.60. The van der Waals surface area contributed by atoms with Gasteiger partial charge in [0, 0.05) is 32.2 Å². The number of benzene rings is 1. The molecule has 0 bridgehead atoms. The first-order valence-electron chi connectivity index (χ1n) is 8.23. The first kappa shape index (κ1) is 18.0. The summed E-state index contributed by atoms with van der Waals surface area (Å²) in [6.45, 7) is 6.06. The van der Waals surface area contributed by atoms with Crippen molar-refractivity contribution in [3.8, 4) is 0 Å². The number of rotatable bonds is 3. The summed E-state index contributed by atoms with van der Waals surface area (Å²) in [6, 6.07) is 10.5. The summed E-state index contributed by atoms with van der Waals surface area (Å²) in [5.74, 6) is 0. The van der Waals surface area contributed by atoms with Gasteiger partial charge in [0.2, 0.25) is 0 Å². The summed E-state index contributed by atoms with van der Waals surface area (Å²) in [4.78, 5) is 16.5. The van der Waals surface area contributed by atoms with Crippen LogP contribution in [0, 0.1) is 0 Å². The maximum Gasteiger partial charge on any atom is 0.410 e. The third kappa shape index (κ3) is 5.09. The molecule has 0 aliphatic carbocycles. The zero-order chi connectivity index (χ0) is 15.2. The molecule has 6 heteroatoms. The number of halogens is 1. The average molecular weight is 340 g/mol. The first-order chi connectivity index (χ1) is 10.8. The predicted octanol–water partition coefficient (Wildman–Crippen LogP) is 2.11. The number of hydrogen-bond donors (Lipinski definition) is 1. The van der Waals surface area contributed by atoms with Crippen LogP contribution in [0.25, 0.3) is 0 Å². The maximum atomic E-state index is 12.1. The highest BCUT2D eigenvalue weighted by Gasteiger charge is 2.27. The Kier molecular flexibility index (Phi) is 7.15. The van der Waals surface area contributed by atoms with E-state index in [1.54, 1.807) is 0 Å². The molecule has 1 aromatic rings. The lowest BCUT2D eigenvalue weighted by Gasteiger charge is -2.40. The molecule has 0 spiro atoms. The highest BCUT2D eigenvalue weighted by molar-refractivity contribution is 5.85. The van der Waals surface area contributed by atoms with Crippen LogP contribution in [-0.4, -0.2) is 61.2 Å². The Morgan fingerprint density at radius 2 is 1.74 bits per heavy atom. The molecule has 2 aliphatic rings. The number of piperazine rings is 1. The van der Waals surface area contributed by atoms with Crippen molar-refractivity contribution in [2.45, 2.75) is 25.5 Å². The lowest BCUT2D eigenvalue weighted by atomic mass is 10.0. The number of ether oxygens (including phenoxy) is 1. The van der Waals surface area contributed by atoms with Gasteiger partial charge in [0.15, 0.2) is 0 Å². The van der Waals surface area contributed by atoms with Crippen molar-refractivity contribution in [3.05, 3.63) is 35.9 Å². The zero-order valence-electron chi connectivity index (χ0n) is 13.4. The lowest BCUT2D eigenvalue weighted by Crippen LogP contribution is -2.54. The SMILES string of the molecule is Cl.O=C(OCc1ccccc1)N1CCN(C2CCNCC2)CC1. The fraction of sp³-hybridized carbons (Fsp3) is 0.588. The van der Waals surface area contributed by atoms with E-state index in [-0.39, 0.29) is 18.5 Å². The van der Waals surface area contributed by atoms with Crippen molar-refractivity contribution < 1.29 is 9.53 Å². The van der Waals surface area contributed by atoms with Gasteiger partial charge in [-0.3, -0.25) is 4.90 Å². The minimum atomic E-state index is -0.186. The van der Waals surface area contributed by atoms with Gasteiger partial charge >= 0.3 is 6.09 Å². The zero-order valence-corrected chi connectivity index (χ0v) is 14.3. The van der Waals surface area contributed by atoms with Crippen molar-refractivity contribution in [1.82, 2.24) is 15.1 Å². The van der Waals surface area contributed by atoms with Gasteiger partial charge in [-0.1, -0.05) is 30.3 Å². The first-order valence-corrected chi connectivity index (χ1v) is 8.23. The van der Waals surface area contributed by atoms with E-state index in [1.807, 2.05) is 35.2 Å². The number of amides is 1. The molecule has 0 saturated carbocycles. The minimum absolute atomic E-state index is 0. The standard InChI is InChI=1S/C17H25N3O2.ClH/c21-17(22-14-15-4-2-1-3-5-15)20-12-10-19(11-13-20)16-6-8-18-9-7-16;/h1-5,16,18H,6-14H2;1H. The number of nitrogens with zero attached hydrogens (tertiary/aromatic N) is 2. The van der Waals surface area contributed by atoms with Gasteiger partial charge in [-0.15, -0.1) is 12.4 Å². The van der Waals surface area contributed by atoms with E-state index >= 15 is 0 Å². The third-order valence-electron chi connectivity index (χ3n) is 4.60. The Labute approximate surface area is 144 Å². The average Bonchev–Trinajstić information content (AvgIpc) is 2.61. The summed E-state index contributed by atoms with van der Waals surface area (Å²) in [6.07, 6.45) is 2.26. The quantitative estimate of drug-likeness (QED) is 0.916. The van der Waals surface area contributed by atoms with Crippen LogP contribution in [0.5, 0.6) is 0 Å². The van der Waals surface area contributed by atoms with Crippen LogP contribution < -0.4 is 5.32 Å². The molecule has 3 rings (SSSR count). The van der Waals surface area contributed by atoms with Gasteiger partial charge in [-0.05, 0) is 31.5 Å². The van der Waals surface area contributed by atoms with Gasteiger partial charge in [0.05, 0.1) is 0 Å². The molecule has 1 aromatic carbocycles. The molecule has 2 saturated heterocycles. The van der Waals surface area contributed by atoms with Crippen molar-refractivity contribution in [2.24, 2.45) is 0 Å². The summed E-state index contributed by atoms with van der Waals surface area (Å²) in [5.41, 5.74) is 1.03. The van der Waals surface area contributed by atoms with E-state index in [1.165, 1.54) is 12.8 Å². The van der Waals surface area contributed by atoms with E-state index in [2.05, 4.69) is 10.2 Å². The van der Waals surface area contributed by atoms with Gasteiger partial charge in [-0.25, -0.2) is 4.79 Å². The van der Waals surface area contributed by atoms with Gasteiger partial charge in [-0.2, -0.15) is 0 Å². The molecule has 0 radical (unpaired) electrons. The van der Waals surface area contributed by atoms with E-state index in [4.69, 9.17) is 4.74 Å². The van der Waals surface area contributed by atoms with Gasteiger partial charge in [0.1, 0.15) is 6.61 Å². The van der Waals surface area contributed by atoms with Crippen LogP contribution in [0.4, 0.5) is 4.79 Å².